The fraction of sp³-hybridized carbons (Fsp3) is 0.500. The number of hydrogen-bond donors (Lipinski definition) is 1. The van der Waals surface area contributed by atoms with E-state index in [-0.39, 0.29) is 6.10 Å². The number of methoxy groups -OCH3 is 1. The number of nitriles is 1. The molecule has 1 atom stereocenters. The van der Waals surface area contributed by atoms with Gasteiger partial charge in [-0.2, -0.15) is 5.26 Å². The van der Waals surface area contributed by atoms with Crippen molar-refractivity contribution in [1.29, 1.82) is 5.26 Å². The van der Waals surface area contributed by atoms with Crippen molar-refractivity contribution in [3.05, 3.63) is 17.8 Å². The third-order valence-electron chi connectivity index (χ3n) is 3.02. The highest BCUT2D eigenvalue weighted by Gasteiger charge is 2.22. The lowest BCUT2D eigenvalue weighted by atomic mass is 10.1. The van der Waals surface area contributed by atoms with Gasteiger partial charge in [0, 0.05) is 20.2 Å². The van der Waals surface area contributed by atoms with Gasteiger partial charge in [-0.3, -0.25) is 0 Å². The molecule has 1 aromatic heterocycles. The standard InChI is InChI=1S/C12H16N4O/c1-17-11-3-2-4-16(8-11)12-9(6-13)5-10(14)7-15-12/h5,7,11H,2-4,8,14H2,1H3. The summed E-state index contributed by atoms with van der Waals surface area (Å²) in [6.07, 6.45) is 3.92. The lowest BCUT2D eigenvalue weighted by molar-refractivity contribution is 0.0891. The van der Waals surface area contributed by atoms with E-state index in [0.717, 1.165) is 25.9 Å². The van der Waals surface area contributed by atoms with E-state index in [4.69, 9.17) is 15.7 Å². The maximum absolute atomic E-state index is 9.09. The average Bonchev–Trinajstić information content (AvgIpc) is 2.38. The van der Waals surface area contributed by atoms with Crippen LogP contribution in [0.4, 0.5) is 11.5 Å². The summed E-state index contributed by atoms with van der Waals surface area (Å²) in [4.78, 5) is 6.36. The van der Waals surface area contributed by atoms with Crippen LogP contribution in [0.3, 0.4) is 0 Å². The molecule has 0 saturated carbocycles. The van der Waals surface area contributed by atoms with Crippen LogP contribution in [0, 0.1) is 11.3 Å². The number of nitrogens with zero attached hydrogens (tertiary/aromatic N) is 3. The van der Waals surface area contributed by atoms with Crippen molar-refractivity contribution < 1.29 is 4.74 Å². The van der Waals surface area contributed by atoms with Gasteiger partial charge in [-0.15, -0.1) is 0 Å². The summed E-state index contributed by atoms with van der Waals surface area (Å²) in [5.74, 6) is 0.712. The number of hydrogen-bond acceptors (Lipinski definition) is 5. The first-order valence-corrected chi connectivity index (χ1v) is 5.68. The highest BCUT2D eigenvalue weighted by atomic mass is 16.5. The van der Waals surface area contributed by atoms with Crippen LogP contribution in [-0.4, -0.2) is 31.3 Å². The van der Waals surface area contributed by atoms with Crippen LogP contribution in [0.25, 0.3) is 0 Å². The maximum atomic E-state index is 9.09. The largest absolute Gasteiger partial charge is 0.397 e. The van der Waals surface area contributed by atoms with E-state index in [0.29, 0.717) is 17.1 Å². The van der Waals surface area contributed by atoms with E-state index < -0.39 is 0 Å². The highest BCUT2D eigenvalue weighted by Crippen LogP contribution is 2.23. The summed E-state index contributed by atoms with van der Waals surface area (Å²) in [5, 5.41) is 9.09. The summed E-state index contributed by atoms with van der Waals surface area (Å²) in [6, 6.07) is 3.81. The molecule has 1 saturated heterocycles. The van der Waals surface area contributed by atoms with E-state index in [1.54, 1.807) is 19.4 Å². The van der Waals surface area contributed by atoms with Gasteiger partial charge in [0.25, 0.3) is 0 Å². The Morgan fingerprint density at radius 2 is 2.47 bits per heavy atom. The van der Waals surface area contributed by atoms with Gasteiger partial charge in [0.05, 0.1) is 23.6 Å². The molecule has 0 bridgehead atoms. The number of pyridine rings is 1. The molecule has 1 aromatic rings. The van der Waals surface area contributed by atoms with Gasteiger partial charge >= 0.3 is 0 Å². The zero-order valence-electron chi connectivity index (χ0n) is 9.89. The van der Waals surface area contributed by atoms with Crippen LogP contribution in [0.5, 0.6) is 0 Å². The molecular formula is C12H16N4O. The van der Waals surface area contributed by atoms with Crippen LogP contribution in [-0.2, 0) is 4.74 Å². The van der Waals surface area contributed by atoms with Crippen molar-refractivity contribution in [2.75, 3.05) is 30.8 Å². The van der Waals surface area contributed by atoms with E-state index >= 15 is 0 Å². The Balaban J connectivity index is 2.24. The zero-order valence-corrected chi connectivity index (χ0v) is 9.89. The Morgan fingerprint density at radius 1 is 1.65 bits per heavy atom. The Bertz CT molecular complexity index is 441. The predicted octanol–water partition coefficient (Wildman–Crippen LogP) is 1.15. The Kier molecular flexibility index (Phi) is 3.45. The first kappa shape index (κ1) is 11.7. The topological polar surface area (TPSA) is 75.2 Å². The van der Waals surface area contributed by atoms with Crippen LogP contribution in [0.15, 0.2) is 12.3 Å². The SMILES string of the molecule is COC1CCCN(c2ncc(N)cc2C#N)C1. The van der Waals surface area contributed by atoms with Gasteiger partial charge in [0.1, 0.15) is 11.9 Å². The molecule has 1 aliphatic heterocycles. The second-order valence-electron chi connectivity index (χ2n) is 4.20. The van der Waals surface area contributed by atoms with E-state index in [1.165, 1.54) is 0 Å². The number of nitrogens with two attached hydrogens (primary N) is 1. The molecule has 17 heavy (non-hydrogen) atoms. The van der Waals surface area contributed by atoms with Gasteiger partial charge < -0.3 is 15.4 Å². The van der Waals surface area contributed by atoms with E-state index in [2.05, 4.69) is 16.0 Å². The highest BCUT2D eigenvalue weighted by molar-refractivity contribution is 5.59. The summed E-state index contributed by atoms with van der Waals surface area (Å²) in [5.41, 5.74) is 6.68. The molecule has 90 valence electrons. The fourth-order valence-corrected chi connectivity index (χ4v) is 2.13. The quantitative estimate of drug-likeness (QED) is 0.827. The smallest absolute Gasteiger partial charge is 0.146 e. The Labute approximate surface area is 101 Å². The van der Waals surface area contributed by atoms with E-state index in [1.807, 2.05) is 0 Å². The third-order valence-corrected chi connectivity index (χ3v) is 3.02. The molecule has 0 radical (unpaired) electrons. The van der Waals surface area contributed by atoms with Crippen LogP contribution in [0.1, 0.15) is 18.4 Å². The van der Waals surface area contributed by atoms with Gasteiger partial charge in [0.15, 0.2) is 0 Å². The summed E-state index contributed by atoms with van der Waals surface area (Å²) >= 11 is 0. The second-order valence-corrected chi connectivity index (χ2v) is 4.20. The van der Waals surface area contributed by atoms with Crippen LogP contribution >= 0.6 is 0 Å². The Morgan fingerprint density at radius 3 is 3.18 bits per heavy atom. The van der Waals surface area contributed by atoms with Crippen molar-refractivity contribution in [3.8, 4) is 6.07 Å². The van der Waals surface area contributed by atoms with Crippen LogP contribution < -0.4 is 10.6 Å². The summed E-state index contributed by atoms with van der Waals surface area (Å²) in [6.45, 7) is 1.69. The van der Waals surface area contributed by atoms with Crippen molar-refractivity contribution >= 4 is 11.5 Å². The molecule has 2 N–H and O–H groups in total. The minimum absolute atomic E-state index is 0.217. The molecule has 0 amide bonds. The number of piperidine rings is 1. The second kappa shape index (κ2) is 5.02. The molecule has 2 rings (SSSR count). The molecule has 5 nitrogen and oxygen atoms in total. The lowest BCUT2D eigenvalue weighted by Gasteiger charge is -2.33. The number of rotatable bonds is 2. The fourth-order valence-electron chi connectivity index (χ4n) is 2.13. The molecule has 1 unspecified atom stereocenters. The first-order chi connectivity index (χ1) is 8.24. The average molecular weight is 232 g/mol. The molecule has 0 aliphatic carbocycles. The van der Waals surface area contributed by atoms with Gasteiger partial charge in [0.2, 0.25) is 0 Å². The maximum Gasteiger partial charge on any atom is 0.146 e. The third kappa shape index (κ3) is 2.48. The number of aromatic nitrogens is 1. The molecule has 2 heterocycles. The van der Waals surface area contributed by atoms with E-state index in [9.17, 15) is 0 Å². The lowest BCUT2D eigenvalue weighted by Crippen LogP contribution is -2.40. The molecular weight excluding hydrogens is 216 g/mol. The number of anilines is 2. The van der Waals surface area contributed by atoms with Crippen molar-refractivity contribution in [2.45, 2.75) is 18.9 Å². The first-order valence-electron chi connectivity index (χ1n) is 5.68. The monoisotopic (exact) mass is 232 g/mol. The van der Waals surface area contributed by atoms with Crippen molar-refractivity contribution in [2.24, 2.45) is 0 Å². The minimum Gasteiger partial charge on any atom is -0.397 e. The van der Waals surface area contributed by atoms with Crippen molar-refractivity contribution in [3.63, 3.8) is 0 Å². The van der Waals surface area contributed by atoms with Gasteiger partial charge in [-0.25, -0.2) is 4.98 Å². The molecule has 1 aliphatic rings. The van der Waals surface area contributed by atoms with Gasteiger partial charge in [-0.05, 0) is 18.9 Å². The zero-order chi connectivity index (χ0) is 12.3. The normalized spacial score (nSPS) is 20.0. The Hall–Kier alpha value is -1.80. The van der Waals surface area contributed by atoms with Crippen LogP contribution in [0.2, 0.25) is 0 Å². The molecule has 5 heteroatoms. The van der Waals surface area contributed by atoms with Crippen molar-refractivity contribution in [1.82, 2.24) is 4.98 Å². The number of ether oxygens (including phenoxy) is 1. The molecule has 0 aromatic carbocycles. The van der Waals surface area contributed by atoms with Gasteiger partial charge in [-0.1, -0.05) is 0 Å². The summed E-state index contributed by atoms with van der Waals surface area (Å²) < 4.78 is 5.36. The minimum atomic E-state index is 0.217. The summed E-state index contributed by atoms with van der Waals surface area (Å²) in [7, 11) is 1.72. The number of nitrogen functional groups attached to an aromatic ring is 1. The molecule has 0 spiro atoms. The molecule has 1 fully saturated rings. The predicted molar refractivity (Wildman–Crippen MR) is 65.6 cm³/mol.